The SMILES string of the molecule is COc1ccc2c(c1)N(C)/C(=C1/SC(=Nc3ccc(/C=C/c4ccccc4)cc3)N(C3CCCCC3)C1=O)S2. The first kappa shape index (κ1) is 25.8. The molecule has 3 aliphatic rings. The van der Waals surface area contributed by atoms with Gasteiger partial charge in [0, 0.05) is 24.1 Å². The second-order valence-corrected chi connectivity index (χ2v) is 11.9. The van der Waals surface area contributed by atoms with Gasteiger partial charge in [0.15, 0.2) is 5.17 Å². The monoisotopic (exact) mass is 553 g/mol. The summed E-state index contributed by atoms with van der Waals surface area (Å²) in [5, 5.41) is 1.74. The van der Waals surface area contributed by atoms with Crippen LogP contribution in [-0.2, 0) is 4.79 Å². The van der Waals surface area contributed by atoms with Gasteiger partial charge in [-0.05, 0) is 60.0 Å². The highest BCUT2D eigenvalue weighted by Crippen LogP contribution is 2.51. The first-order valence-electron chi connectivity index (χ1n) is 13.4. The Labute approximate surface area is 238 Å². The average Bonchev–Trinajstić information content (AvgIpc) is 3.48. The van der Waals surface area contributed by atoms with Crippen LogP contribution in [0.3, 0.4) is 0 Å². The number of hydrogen-bond acceptors (Lipinski definition) is 6. The number of carbonyl (C=O) groups excluding carboxylic acids is 1. The van der Waals surface area contributed by atoms with Gasteiger partial charge in [-0.2, -0.15) is 0 Å². The number of amidine groups is 1. The minimum absolute atomic E-state index is 0.0715. The number of amides is 1. The lowest BCUT2D eigenvalue weighted by atomic mass is 9.94. The number of hydrogen-bond donors (Lipinski definition) is 0. The molecule has 0 atom stereocenters. The number of fused-ring (bicyclic) bond motifs is 1. The van der Waals surface area contributed by atoms with Crippen LogP contribution in [0.2, 0.25) is 0 Å². The van der Waals surface area contributed by atoms with Gasteiger partial charge in [0.25, 0.3) is 5.91 Å². The Morgan fingerprint density at radius 1 is 0.897 bits per heavy atom. The zero-order chi connectivity index (χ0) is 26.8. The molecule has 2 aliphatic heterocycles. The van der Waals surface area contributed by atoms with E-state index >= 15 is 0 Å². The molecular formula is C32H31N3O2S2. The largest absolute Gasteiger partial charge is 0.497 e. The molecule has 0 aromatic heterocycles. The van der Waals surface area contributed by atoms with Gasteiger partial charge in [-0.3, -0.25) is 9.69 Å². The Bertz CT molecular complexity index is 1460. The van der Waals surface area contributed by atoms with E-state index in [4.69, 9.17) is 9.73 Å². The molecule has 0 unspecified atom stereocenters. The summed E-state index contributed by atoms with van der Waals surface area (Å²) in [4.78, 5) is 25.0. The summed E-state index contributed by atoms with van der Waals surface area (Å²) in [5.41, 5.74) is 4.20. The Hall–Kier alpha value is -3.42. The van der Waals surface area contributed by atoms with E-state index in [1.807, 2.05) is 54.4 Å². The van der Waals surface area contributed by atoms with Gasteiger partial charge in [-0.15, -0.1) is 0 Å². The van der Waals surface area contributed by atoms with Crippen molar-refractivity contribution in [1.29, 1.82) is 0 Å². The van der Waals surface area contributed by atoms with Gasteiger partial charge < -0.3 is 9.64 Å². The van der Waals surface area contributed by atoms with Crippen molar-refractivity contribution >= 4 is 58.1 Å². The fourth-order valence-corrected chi connectivity index (χ4v) is 7.62. The second kappa shape index (κ2) is 11.4. The standard InChI is InChI=1S/C32H31N3O2S2/c1-34-27-21-26(37-2)19-20-28(27)38-31(34)29-30(36)35(25-11-7-4-8-12-25)32(39-29)33-24-17-15-23(16-18-24)14-13-22-9-5-3-6-10-22/h3,5-6,9-10,13-21,25H,4,7-8,11-12H2,1-2H3/b14-13+,31-29-,33-32?. The van der Waals surface area contributed by atoms with Crippen molar-refractivity contribution in [2.45, 2.75) is 43.0 Å². The van der Waals surface area contributed by atoms with Crippen LogP contribution in [-0.4, -0.2) is 36.2 Å². The maximum atomic E-state index is 14.0. The zero-order valence-corrected chi connectivity index (χ0v) is 23.8. The van der Waals surface area contributed by atoms with Gasteiger partial charge in [-0.1, -0.05) is 85.6 Å². The molecule has 0 N–H and O–H groups in total. The van der Waals surface area contributed by atoms with Crippen molar-refractivity contribution in [3.8, 4) is 5.75 Å². The fourth-order valence-electron chi connectivity index (χ4n) is 5.23. The number of aliphatic imine (C=N–C) groups is 1. The smallest absolute Gasteiger partial charge is 0.269 e. The van der Waals surface area contributed by atoms with E-state index in [-0.39, 0.29) is 11.9 Å². The first-order chi connectivity index (χ1) is 19.1. The molecule has 0 spiro atoms. The molecule has 1 saturated carbocycles. The highest BCUT2D eigenvalue weighted by molar-refractivity contribution is 8.19. The van der Waals surface area contributed by atoms with Gasteiger partial charge in [0.2, 0.25) is 0 Å². The van der Waals surface area contributed by atoms with Gasteiger partial charge >= 0.3 is 0 Å². The summed E-state index contributed by atoms with van der Waals surface area (Å²) in [7, 11) is 3.70. The molecule has 3 aromatic carbocycles. The molecular weight excluding hydrogens is 523 g/mol. The molecule has 6 rings (SSSR count). The summed E-state index contributed by atoms with van der Waals surface area (Å²) in [6, 6.07) is 24.8. The van der Waals surface area contributed by atoms with Crippen molar-refractivity contribution < 1.29 is 9.53 Å². The third-order valence-corrected chi connectivity index (χ3v) is 9.78. The number of thioether (sulfide) groups is 2. The van der Waals surface area contributed by atoms with E-state index in [9.17, 15) is 4.79 Å². The summed E-state index contributed by atoms with van der Waals surface area (Å²) in [6.45, 7) is 0. The molecule has 5 nitrogen and oxygen atoms in total. The van der Waals surface area contributed by atoms with Crippen molar-refractivity contribution in [2.75, 3.05) is 19.1 Å². The van der Waals surface area contributed by atoms with Crippen molar-refractivity contribution in [3.05, 3.63) is 93.9 Å². The lowest BCUT2D eigenvalue weighted by Gasteiger charge is -2.30. The fraction of sp³-hybridized carbons (Fsp3) is 0.250. The Morgan fingerprint density at radius 3 is 2.33 bits per heavy atom. The number of anilines is 1. The highest BCUT2D eigenvalue weighted by Gasteiger charge is 2.42. The molecule has 198 valence electrons. The van der Waals surface area contributed by atoms with Crippen LogP contribution in [0.15, 0.2) is 92.6 Å². The number of methoxy groups -OCH3 is 1. The van der Waals surface area contributed by atoms with Crippen LogP contribution < -0.4 is 9.64 Å². The predicted molar refractivity (Wildman–Crippen MR) is 164 cm³/mol. The van der Waals surface area contributed by atoms with Crippen molar-refractivity contribution in [2.24, 2.45) is 4.99 Å². The number of nitrogens with zero attached hydrogens (tertiary/aromatic N) is 3. The normalized spacial score (nSPS) is 20.9. The highest BCUT2D eigenvalue weighted by atomic mass is 32.2. The molecule has 0 bridgehead atoms. The van der Waals surface area contributed by atoms with Gasteiger partial charge in [0.05, 0.1) is 23.5 Å². The maximum Gasteiger partial charge on any atom is 0.269 e. The molecule has 2 fully saturated rings. The maximum absolute atomic E-state index is 14.0. The number of carbonyl (C=O) groups is 1. The summed E-state index contributed by atoms with van der Waals surface area (Å²) in [5.74, 6) is 0.883. The summed E-state index contributed by atoms with van der Waals surface area (Å²) >= 11 is 3.15. The van der Waals surface area contributed by atoms with Crippen LogP contribution in [0.4, 0.5) is 11.4 Å². The molecule has 1 amide bonds. The van der Waals surface area contributed by atoms with Crippen LogP contribution >= 0.6 is 23.5 Å². The van der Waals surface area contributed by atoms with Crippen LogP contribution in [0, 0.1) is 0 Å². The third kappa shape index (κ3) is 5.38. The zero-order valence-electron chi connectivity index (χ0n) is 22.2. The second-order valence-electron chi connectivity index (χ2n) is 9.93. The van der Waals surface area contributed by atoms with E-state index in [1.54, 1.807) is 18.9 Å². The van der Waals surface area contributed by atoms with Crippen LogP contribution in [0.1, 0.15) is 43.2 Å². The molecule has 0 radical (unpaired) electrons. The van der Waals surface area contributed by atoms with Gasteiger partial charge in [0.1, 0.15) is 10.7 Å². The lowest BCUT2D eigenvalue weighted by molar-refractivity contribution is -0.124. The number of benzene rings is 3. The Kier molecular flexibility index (Phi) is 7.53. The molecule has 1 aliphatic carbocycles. The molecule has 39 heavy (non-hydrogen) atoms. The molecule has 3 aromatic rings. The van der Waals surface area contributed by atoms with Crippen molar-refractivity contribution in [1.82, 2.24) is 4.90 Å². The predicted octanol–water partition coefficient (Wildman–Crippen LogP) is 8.17. The lowest BCUT2D eigenvalue weighted by Crippen LogP contribution is -2.40. The van der Waals surface area contributed by atoms with Crippen LogP contribution in [0.25, 0.3) is 12.2 Å². The Morgan fingerprint density at radius 2 is 1.62 bits per heavy atom. The minimum Gasteiger partial charge on any atom is -0.497 e. The van der Waals surface area contributed by atoms with E-state index in [0.717, 1.165) is 68.4 Å². The number of rotatable bonds is 5. The van der Waals surface area contributed by atoms with Crippen molar-refractivity contribution in [3.63, 3.8) is 0 Å². The summed E-state index contributed by atoms with van der Waals surface area (Å²) in [6.07, 6.45) is 9.81. The van der Waals surface area contributed by atoms with Gasteiger partial charge in [-0.25, -0.2) is 4.99 Å². The van der Waals surface area contributed by atoms with E-state index in [0.29, 0.717) is 0 Å². The van der Waals surface area contributed by atoms with E-state index < -0.39 is 0 Å². The number of ether oxygens (including phenoxy) is 1. The summed E-state index contributed by atoms with van der Waals surface area (Å²) < 4.78 is 5.44. The van der Waals surface area contributed by atoms with Crippen LogP contribution in [0.5, 0.6) is 5.75 Å². The molecule has 1 saturated heterocycles. The third-order valence-electron chi connectivity index (χ3n) is 7.37. The van der Waals surface area contributed by atoms with E-state index in [2.05, 4.69) is 47.4 Å². The average molecular weight is 554 g/mol. The molecule has 7 heteroatoms. The molecule has 2 heterocycles. The Balaban J connectivity index is 1.30. The minimum atomic E-state index is 0.0715. The van der Waals surface area contributed by atoms with E-state index in [1.165, 1.54) is 23.7 Å². The quantitative estimate of drug-likeness (QED) is 0.236. The topological polar surface area (TPSA) is 45.1 Å². The first-order valence-corrected chi connectivity index (χ1v) is 15.0.